The third-order valence-corrected chi connectivity index (χ3v) is 4.94. The third-order valence-electron chi connectivity index (χ3n) is 3.10. The minimum atomic E-state index is 0.0206. The predicted molar refractivity (Wildman–Crippen MR) is 69.7 cm³/mol. The first kappa shape index (κ1) is 12.1. The molecule has 1 saturated carbocycles. The monoisotopic (exact) mass is 302 g/mol. The SMILES string of the molecule is NCC1CCCC1NC(=O)c1sccc1Br. The zero-order valence-corrected chi connectivity index (χ0v) is 11.3. The molecule has 1 amide bonds. The largest absolute Gasteiger partial charge is 0.348 e. The lowest BCUT2D eigenvalue weighted by atomic mass is 10.0. The van der Waals surface area contributed by atoms with E-state index in [2.05, 4.69) is 21.2 Å². The molecule has 1 aromatic heterocycles. The van der Waals surface area contributed by atoms with Crippen molar-refractivity contribution < 1.29 is 4.79 Å². The van der Waals surface area contributed by atoms with Crippen LogP contribution < -0.4 is 11.1 Å². The fourth-order valence-corrected chi connectivity index (χ4v) is 3.65. The van der Waals surface area contributed by atoms with Gasteiger partial charge < -0.3 is 11.1 Å². The molecule has 2 unspecified atom stereocenters. The van der Waals surface area contributed by atoms with Crippen molar-refractivity contribution in [3.63, 3.8) is 0 Å². The molecule has 0 aliphatic heterocycles. The minimum absolute atomic E-state index is 0.0206. The Morgan fingerprint density at radius 3 is 3.06 bits per heavy atom. The number of nitrogens with one attached hydrogen (secondary N) is 1. The zero-order valence-electron chi connectivity index (χ0n) is 8.91. The number of rotatable bonds is 3. The molecule has 16 heavy (non-hydrogen) atoms. The second-order valence-corrected chi connectivity index (χ2v) is 5.87. The Morgan fingerprint density at radius 2 is 2.44 bits per heavy atom. The first-order chi connectivity index (χ1) is 7.72. The summed E-state index contributed by atoms with van der Waals surface area (Å²) in [6.45, 7) is 0.663. The molecule has 1 aliphatic rings. The van der Waals surface area contributed by atoms with Crippen LogP contribution in [-0.4, -0.2) is 18.5 Å². The van der Waals surface area contributed by atoms with E-state index in [0.29, 0.717) is 12.5 Å². The number of halogens is 1. The maximum atomic E-state index is 12.0. The Morgan fingerprint density at radius 1 is 1.62 bits per heavy atom. The summed E-state index contributed by atoms with van der Waals surface area (Å²) in [7, 11) is 0. The van der Waals surface area contributed by atoms with Crippen molar-refractivity contribution in [2.75, 3.05) is 6.54 Å². The molecule has 2 rings (SSSR count). The van der Waals surface area contributed by atoms with Gasteiger partial charge in [0.15, 0.2) is 0 Å². The predicted octanol–water partition coefficient (Wildman–Crippen LogP) is 2.37. The quantitative estimate of drug-likeness (QED) is 0.900. The normalized spacial score (nSPS) is 24.6. The maximum Gasteiger partial charge on any atom is 0.262 e. The molecule has 2 atom stereocenters. The molecule has 1 aliphatic carbocycles. The van der Waals surface area contributed by atoms with Crippen LogP contribution in [0.5, 0.6) is 0 Å². The highest BCUT2D eigenvalue weighted by molar-refractivity contribution is 9.10. The van der Waals surface area contributed by atoms with Crippen LogP contribution in [0.4, 0.5) is 0 Å². The summed E-state index contributed by atoms with van der Waals surface area (Å²) in [5.74, 6) is 0.468. The second-order valence-electron chi connectivity index (χ2n) is 4.10. The Hall–Kier alpha value is -0.390. The Bertz CT molecular complexity index is 380. The Balaban J connectivity index is 2.00. The molecule has 0 aromatic carbocycles. The molecular weight excluding hydrogens is 288 g/mol. The molecular formula is C11H15BrN2OS. The van der Waals surface area contributed by atoms with Gasteiger partial charge in [-0.15, -0.1) is 11.3 Å². The summed E-state index contributed by atoms with van der Waals surface area (Å²) >= 11 is 4.83. The molecule has 0 bridgehead atoms. The van der Waals surface area contributed by atoms with E-state index in [-0.39, 0.29) is 11.9 Å². The average molecular weight is 303 g/mol. The van der Waals surface area contributed by atoms with Gasteiger partial charge in [0.05, 0.1) is 0 Å². The summed E-state index contributed by atoms with van der Waals surface area (Å²) in [5, 5.41) is 5.00. The van der Waals surface area contributed by atoms with E-state index in [1.807, 2.05) is 11.4 Å². The van der Waals surface area contributed by atoms with Crippen molar-refractivity contribution in [1.29, 1.82) is 0 Å². The van der Waals surface area contributed by atoms with Gasteiger partial charge in [-0.3, -0.25) is 4.79 Å². The number of hydrogen-bond donors (Lipinski definition) is 2. The number of carbonyl (C=O) groups is 1. The molecule has 0 spiro atoms. The van der Waals surface area contributed by atoms with E-state index >= 15 is 0 Å². The van der Waals surface area contributed by atoms with Gasteiger partial charge in [0.25, 0.3) is 5.91 Å². The first-order valence-corrected chi connectivity index (χ1v) is 7.13. The number of nitrogens with two attached hydrogens (primary N) is 1. The van der Waals surface area contributed by atoms with Crippen LogP contribution in [-0.2, 0) is 0 Å². The topological polar surface area (TPSA) is 55.1 Å². The van der Waals surface area contributed by atoms with E-state index in [1.165, 1.54) is 17.8 Å². The highest BCUT2D eigenvalue weighted by Crippen LogP contribution is 2.27. The van der Waals surface area contributed by atoms with E-state index < -0.39 is 0 Å². The van der Waals surface area contributed by atoms with Crippen molar-refractivity contribution in [3.8, 4) is 0 Å². The van der Waals surface area contributed by atoms with Gasteiger partial charge in [0.1, 0.15) is 4.88 Å². The number of thiophene rings is 1. The van der Waals surface area contributed by atoms with Crippen molar-refractivity contribution in [1.82, 2.24) is 5.32 Å². The van der Waals surface area contributed by atoms with Gasteiger partial charge in [-0.25, -0.2) is 0 Å². The summed E-state index contributed by atoms with van der Waals surface area (Å²) < 4.78 is 0.872. The molecule has 1 aromatic rings. The van der Waals surface area contributed by atoms with Crippen LogP contribution in [0.2, 0.25) is 0 Å². The van der Waals surface area contributed by atoms with Crippen molar-refractivity contribution in [2.24, 2.45) is 11.7 Å². The van der Waals surface area contributed by atoms with Crippen molar-refractivity contribution in [2.45, 2.75) is 25.3 Å². The molecule has 0 saturated heterocycles. The third kappa shape index (κ3) is 2.47. The van der Waals surface area contributed by atoms with Gasteiger partial charge in [-0.1, -0.05) is 6.42 Å². The van der Waals surface area contributed by atoms with Gasteiger partial charge in [-0.2, -0.15) is 0 Å². The van der Waals surface area contributed by atoms with E-state index in [9.17, 15) is 4.79 Å². The highest BCUT2D eigenvalue weighted by atomic mass is 79.9. The van der Waals surface area contributed by atoms with Crippen molar-refractivity contribution in [3.05, 3.63) is 20.8 Å². The van der Waals surface area contributed by atoms with Crippen LogP contribution in [0.1, 0.15) is 28.9 Å². The average Bonchev–Trinajstić information content (AvgIpc) is 2.86. The van der Waals surface area contributed by atoms with Crippen LogP contribution in [0.25, 0.3) is 0 Å². The van der Waals surface area contributed by atoms with Crippen LogP contribution >= 0.6 is 27.3 Å². The lowest BCUT2D eigenvalue weighted by Crippen LogP contribution is -2.39. The molecule has 0 radical (unpaired) electrons. The number of carbonyl (C=O) groups excluding carboxylic acids is 1. The molecule has 3 N–H and O–H groups in total. The lowest BCUT2D eigenvalue weighted by Gasteiger charge is -2.19. The van der Waals surface area contributed by atoms with Crippen LogP contribution in [0.3, 0.4) is 0 Å². The molecule has 5 heteroatoms. The fourth-order valence-electron chi connectivity index (χ4n) is 2.20. The first-order valence-electron chi connectivity index (χ1n) is 5.46. The number of hydrogen-bond acceptors (Lipinski definition) is 3. The van der Waals surface area contributed by atoms with Crippen LogP contribution in [0.15, 0.2) is 15.9 Å². The summed E-state index contributed by atoms with van der Waals surface area (Å²) in [5.41, 5.74) is 5.69. The van der Waals surface area contributed by atoms with Gasteiger partial charge in [0, 0.05) is 10.5 Å². The molecule has 1 heterocycles. The fraction of sp³-hybridized carbons (Fsp3) is 0.545. The van der Waals surface area contributed by atoms with Gasteiger partial charge >= 0.3 is 0 Å². The molecule has 1 fully saturated rings. The summed E-state index contributed by atoms with van der Waals surface area (Å²) in [6.07, 6.45) is 3.35. The van der Waals surface area contributed by atoms with E-state index in [0.717, 1.165) is 22.2 Å². The zero-order chi connectivity index (χ0) is 11.5. The minimum Gasteiger partial charge on any atom is -0.348 e. The van der Waals surface area contributed by atoms with E-state index in [4.69, 9.17) is 5.73 Å². The van der Waals surface area contributed by atoms with E-state index in [1.54, 1.807) is 0 Å². The number of amides is 1. The Labute approximate surface area is 108 Å². The smallest absolute Gasteiger partial charge is 0.262 e. The second kappa shape index (κ2) is 5.29. The standard InChI is InChI=1S/C11H15BrN2OS/c12-8-4-5-16-10(8)11(15)14-9-3-1-2-7(9)6-13/h4-5,7,9H,1-3,6,13H2,(H,14,15). The lowest BCUT2D eigenvalue weighted by molar-refractivity contribution is 0.0932. The summed E-state index contributed by atoms with van der Waals surface area (Å²) in [6, 6.07) is 2.15. The maximum absolute atomic E-state index is 12.0. The van der Waals surface area contributed by atoms with Gasteiger partial charge in [-0.05, 0) is 52.7 Å². The molecule has 88 valence electrons. The molecule has 3 nitrogen and oxygen atoms in total. The Kier molecular flexibility index (Phi) is 4.00. The van der Waals surface area contributed by atoms with Crippen molar-refractivity contribution >= 4 is 33.2 Å². The highest BCUT2D eigenvalue weighted by Gasteiger charge is 2.28. The summed E-state index contributed by atoms with van der Waals surface area (Å²) in [4.78, 5) is 12.7. The van der Waals surface area contributed by atoms with Gasteiger partial charge in [0.2, 0.25) is 0 Å². The van der Waals surface area contributed by atoms with Crippen LogP contribution in [0, 0.1) is 5.92 Å².